The van der Waals surface area contributed by atoms with E-state index >= 15 is 0 Å². The van der Waals surface area contributed by atoms with Crippen molar-refractivity contribution in [2.45, 2.75) is 51.7 Å². The minimum absolute atomic E-state index is 0.0994. The minimum atomic E-state index is -4.12. The van der Waals surface area contributed by atoms with Crippen molar-refractivity contribution < 1.29 is 22.3 Å². The Morgan fingerprint density at radius 3 is 2.09 bits per heavy atom. The first kappa shape index (κ1) is 25.7. The number of benzene rings is 3. The Kier molecular flexibility index (Phi) is 8.36. The SMILES string of the molecule is CCC[N+](N)(Cc1ccccc1)S(=O)(=O)c1ccc(OCc2ccccc2)c(CC(C)C)c1O. The molecule has 0 aliphatic carbocycles. The highest BCUT2D eigenvalue weighted by Gasteiger charge is 2.42. The van der Waals surface area contributed by atoms with Crippen molar-refractivity contribution >= 4 is 10.0 Å². The molecule has 3 aromatic carbocycles. The lowest BCUT2D eigenvalue weighted by atomic mass is 10.0. The molecule has 0 amide bonds. The molecule has 0 spiro atoms. The summed E-state index contributed by atoms with van der Waals surface area (Å²) in [5, 5.41) is 11.2. The predicted molar refractivity (Wildman–Crippen MR) is 134 cm³/mol. The van der Waals surface area contributed by atoms with E-state index in [1.807, 2.05) is 81.4 Å². The van der Waals surface area contributed by atoms with Crippen LogP contribution in [0.5, 0.6) is 11.5 Å². The van der Waals surface area contributed by atoms with E-state index in [-0.39, 0.29) is 29.7 Å². The van der Waals surface area contributed by atoms with E-state index in [0.29, 0.717) is 30.8 Å². The second-order valence-electron chi connectivity index (χ2n) is 9.06. The van der Waals surface area contributed by atoms with Crippen LogP contribution in [0.15, 0.2) is 77.7 Å². The van der Waals surface area contributed by atoms with Gasteiger partial charge in [-0.15, -0.1) is 4.00 Å². The summed E-state index contributed by atoms with van der Waals surface area (Å²) in [5.41, 5.74) is 2.28. The van der Waals surface area contributed by atoms with Crippen molar-refractivity contribution in [3.8, 4) is 11.5 Å². The Morgan fingerprint density at radius 2 is 1.53 bits per heavy atom. The zero-order valence-electron chi connectivity index (χ0n) is 20.1. The molecule has 3 N–H and O–H groups in total. The van der Waals surface area contributed by atoms with E-state index in [9.17, 15) is 13.5 Å². The highest BCUT2D eigenvalue weighted by molar-refractivity contribution is 7.86. The third-order valence-electron chi connectivity index (χ3n) is 5.70. The Labute approximate surface area is 203 Å². The number of hydrogen-bond donors (Lipinski definition) is 2. The van der Waals surface area contributed by atoms with Gasteiger partial charge in [0.05, 0.1) is 0 Å². The van der Waals surface area contributed by atoms with Crippen LogP contribution in [0, 0.1) is 5.92 Å². The standard InChI is InChI=1S/C27H34N2O4S/c1-4-17-29(28,19-22-11-7-5-8-12-22)34(31,32)26-16-15-25(24(27(26)30)18-21(2)3)33-20-23-13-9-6-10-14-23/h5-16,21H,4,17-20,28H2,1-3H3/p+1. The summed E-state index contributed by atoms with van der Waals surface area (Å²) < 4.78 is 33.0. The number of rotatable bonds is 11. The number of ether oxygens (including phenoxy) is 1. The Morgan fingerprint density at radius 1 is 0.941 bits per heavy atom. The van der Waals surface area contributed by atoms with E-state index in [2.05, 4.69) is 0 Å². The number of phenolic OH excluding ortho intramolecular Hbond substituents is 1. The molecule has 0 radical (unpaired) electrons. The van der Waals surface area contributed by atoms with Gasteiger partial charge in [-0.3, -0.25) is 0 Å². The van der Waals surface area contributed by atoms with Gasteiger partial charge in [-0.25, -0.2) is 0 Å². The van der Waals surface area contributed by atoms with Gasteiger partial charge in [0.1, 0.15) is 31.2 Å². The molecule has 0 heterocycles. The average Bonchev–Trinajstić information content (AvgIpc) is 2.80. The number of quaternary nitrogens is 1. The number of aromatic hydroxyl groups is 1. The zero-order chi connectivity index (χ0) is 24.8. The molecule has 0 fully saturated rings. The van der Waals surface area contributed by atoms with Gasteiger partial charge in [0, 0.05) is 11.1 Å². The van der Waals surface area contributed by atoms with Crippen LogP contribution in [-0.4, -0.2) is 24.1 Å². The van der Waals surface area contributed by atoms with Crippen LogP contribution in [0.3, 0.4) is 0 Å². The van der Waals surface area contributed by atoms with Gasteiger partial charge in [0.2, 0.25) is 0 Å². The summed E-state index contributed by atoms with van der Waals surface area (Å²) in [5.74, 6) is 6.92. The maximum absolute atomic E-state index is 13.8. The summed E-state index contributed by atoms with van der Waals surface area (Å²) >= 11 is 0. The maximum atomic E-state index is 13.8. The van der Waals surface area contributed by atoms with E-state index in [0.717, 1.165) is 11.1 Å². The van der Waals surface area contributed by atoms with Gasteiger partial charge in [0.25, 0.3) is 0 Å². The van der Waals surface area contributed by atoms with Crippen molar-refractivity contribution in [2.75, 3.05) is 6.54 Å². The van der Waals surface area contributed by atoms with Gasteiger partial charge in [-0.05, 0) is 36.5 Å². The fourth-order valence-electron chi connectivity index (χ4n) is 4.03. The van der Waals surface area contributed by atoms with Crippen LogP contribution in [0.1, 0.15) is 43.9 Å². The molecule has 0 aromatic heterocycles. The van der Waals surface area contributed by atoms with Gasteiger partial charge >= 0.3 is 10.0 Å². The summed E-state index contributed by atoms with van der Waals surface area (Å²) in [6.07, 6.45) is 1.04. The minimum Gasteiger partial charge on any atom is -0.506 e. The van der Waals surface area contributed by atoms with E-state index in [1.54, 1.807) is 6.07 Å². The fraction of sp³-hybridized carbons (Fsp3) is 0.333. The average molecular weight is 484 g/mol. The molecular formula is C27H35N2O4S+. The monoisotopic (exact) mass is 483 g/mol. The van der Waals surface area contributed by atoms with Gasteiger partial charge in [-0.2, -0.15) is 14.3 Å². The lowest BCUT2D eigenvalue weighted by molar-refractivity contribution is -0.832. The van der Waals surface area contributed by atoms with Crippen molar-refractivity contribution in [3.05, 3.63) is 89.5 Å². The molecule has 34 heavy (non-hydrogen) atoms. The topological polar surface area (TPSA) is 89.6 Å². The molecule has 0 saturated carbocycles. The molecule has 0 saturated heterocycles. The van der Waals surface area contributed by atoms with Gasteiger partial charge < -0.3 is 9.84 Å². The first-order valence-corrected chi connectivity index (χ1v) is 13.1. The molecule has 1 atom stereocenters. The summed E-state index contributed by atoms with van der Waals surface area (Å²) in [7, 11) is -4.12. The smallest absolute Gasteiger partial charge is 0.348 e. The Hall–Kier alpha value is -2.87. The van der Waals surface area contributed by atoms with E-state index in [4.69, 9.17) is 10.6 Å². The molecule has 6 nitrogen and oxygen atoms in total. The van der Waals surface area contributed by atoms with Gasteiger partial charge in [0.15, 0.2) is 4.90 Å². The molecule has 0 bridgehead atoms. The fourth-order valence-corrected chi connectivity index (χ4v) is 5.77. The first-order valence-electron chi connectivity index (χ1n) is 11.6. The summed E-state index contributed by atoms with van der Waals surface area (Å²) in [6, 6.07) is 22.0. The van der Waals surface area contributed by atoms with Gasteiger partial charge in [-0.1, -0.05) is 81.4 Å². The number of hydrogen-bond acceptors (Lipinski definition) is 5. The third kappa shape index (κ3) is 5.78. The number of nitrogens with zero attached hydrogens (tertiary/aromatic N) is 1. The maximum Gasteiger partial charge on any atom is 0.348 e. The number of phenols is 1. The second-order valence-corrected chi connectivity index (χ2v) is 11.2. The molecule has 0 aliphatic rings. The van der Waals surface area contributed by atoms with Crippen molar-refractivity contribution in [1.29, 1.82) is 0 Å². The highest BCUT2D eigenvalue weighted by Crippen LogP contribution is 2.39. The van der Waals surface area contributed by atoms with Crippen LogP contribution in [0.4, 0.5) is 0 Å². The van der Waals surface area contributed by atoms with Crippen molar-refractivity contribution in [1.82, 2.24) is 0 Å². The lowest BCUT2D eigenvalue weighted by Gasteiger charge is -2.31. The Bertz CT molecular complexity index is 1180. The van der Waals surface area contributed by atoms with E-state index in [1.165, 1.54) is 6.07 Å². The van der Waals surface area contributed by atoms with Crippen molar-refractivity contribution in [2.24, 2.45) is 11.8 Å². The number of sulfonamides is 1. The van der Waals surface area contributed by atoms with Crippen molar-refractivity contribution in [3.63, 3.8) is 0 Å². The predicted octanol–water partition coefficient (Wildman–Crippen LogP) is 5.16. The summed E-state index contributed by atoms with van der Waals surface area (Å²) in [6.45, 7) is 6.54. The third-order valence-corrected chi connectivity index (χ3v) is 7.86. The molecule has 7 heteroatoms. The molecule has 1 unspecified atom stereocenters. The second kappa shape index (κ2) is 11.0. The highest BCUT2D eigenvalue weighted by atomic mass is 32.2. The lowest BCUT2D eigenvalue weighted by Crippen LogP contribution is -2.58. The molecule has 3 rings (SSSR count). The Balaban J connectivity index is 2.02. The van der Waals surface area contributed by atoms with Crippen LogP contribution in [0.25, 0.3) is 0 Å². The first-order chi connectivity index (χ1) is 16.2. The largest absolute Gasteiger partial charge is 0.506 e. The summed E-state index contributed by atoms with van der Waals surface area (Å²) in [4.78, 5) is -0.165. The van der Waals surface area contributed by atoms with Crippen LogP contribution in [-0.2, 0) is 29.6 Å². The normalized spacial score (nSPS) is 13.6. The van der Waals surface area contributed by atoms with Crippen LogP contribution >= 0.6 is 0 Å². The number of nitrogens with two attached hydrogens (primary N) is 1. The van der Waals surface area contributed by atoms with Crippen LogP contribution in [0.2, 0.25) is 0 Å². The molecule has 3 aromatic rings. The quantitative estimate of drug-likeness (QED) is 0.223. The molecule has 0 aliphatic heterocycles. The molecular weight excluding hydrogens is 448 g/mol. The molecule has 182 valence electrons. The zero-order valence-corrected chi connectivity index (χ0v) is 21.0. The van der Waals surface area contributed by atoms with E-state index < -0.39 is 14.0 Å². The van der Waals surface area contributed by atoms with Crippen LogP contribution < -0.4 is 10.6 Å².